The van der Waals surface area contributed by atoms with Crippen molar-refractivity contribution in [1.82, 2.24) is 4.98 Å². The fraction of sp³-hybridized carbons (Fsp3) is 0.231. The molecule has 0 atom stereocenters. The Morgan fingerprint density at radius 3 is 2.55 bits per heavy atom. The third kappa shape index (κ3) is 2.25. The van der Waals surface area contributed by atoms with Crippen LogP contribution in [0.15, 0.2) is 18.2 Å². The molecule has 7 heteroatoms. The Labute approximate surface area is 114 Å². The van der Waals surface area contributed by atoms with Gasteiger partial charge in [-0.05, 0) is 13.0 Å². The number of nitro benzene ring substituents is 1. The number of carbonyl (C=O) groups excluding carboxylic acids is 1. The molecule has 0 radical (unpaired) electrons. The molecular formula is C13H12N2O5. The van der Waals surface area contributed by atoms with Crippen molar-refractivity contribution in [2.24, 2.45) is 0 Å². The van der Waals surface area contributed by atoms with E-state index in [9.17, 15) is 14.9 Å². The minimum atomic E-state index is -0.546. The van der Waals surface area contributed by atoms with Gasteiger partial charge in [-0.15, -0.1) is 0 Å². The summed E-state index contributed by atoms with van der Waals surface area (Å²) in [5.41, 5.74) is 1.10. The van der Waals surface area contributed by atoms with Gasteiger partial charge in [-0.2, -0.15) is 0 Å². The molecule has 2 aromatic rings. The maximum atomic E-state index is 11.6. The first-order chi connectivity index (χ1) is 9.47. The highest BCUT2D eigenvalue weighted by Crippen LogP contribution is 2.32. The number of hydrogen-bond acceptors (Lipinski definition) is 6. The summed E-state index contributed by atoms with van der Waals surface area (Å²) in [6, 6.07) is 4.32. The van der Waals surface area contributed by atoms with E-state index in [-0.39, 0.29) is 17.0 Å². The Hall–Kier alpha value is -2.70. The number of nitro groups is 1. The van der Waals surface area contributed by atoms with E-state index in [0.717, 1.165) is 0 Å². The van der Waals surface area contributed by atoms with E-state index in [2.05, 4.69) is 9.72 Å². The molecule has 0 saturated carbocycles. The predicted octanol–water partition coefficient (Wildman–Crippen LogP) is 2.25. The largest absolute Gasteiger partial charge is 0.490 e. The summed E-state index contributed by atoms with van der Waals surface area (Å²) >= 11 is 0. The fourth-order valence-corrected chi connectivity index (χ4v) is 1.91. The lowest BCUT2D eigenvalue weighted by atomic mass is 10.1. The molecule has 104 valence electrons. The summed E-state index contributed by atoms with van der Waals surface area (Å²) in [6.45, 7) is 1.67. The highest BCUT2D eigenvalue weighted by Gasteiger charge is 2.19. The monoisotopic (exact) mass is 276 g/mol. The van der Waals surface area contributed by atoms with Crippen LogP contribution >= 0.6 is 0 Å². The number of ether oxygens (including phenoxy) is 2. The van der Waals surface area contributed by atoms with Crippen molar-refractivity contribution in [3.8, 4) is 5.75 Å². The normalized spacial score (nSPS) is 10.3. The quantitative estimate of drug-likeness (QED) is 0.485. The number of nitrogens with zero attached hydrogens (tertiary/aromatic N) is 2. The van der Waals surface area contributed by atoms with E-state index in [1.54, 1.807) is 6.92 Å². The van der Waals surface area contributed by atoms with E-state index < -0.39 is 10.9 Å². The summed E-state index contributed by atoms with van der Waals surface area (Å²) < 4.78 is 9.63. The van der Waals surface area contributed by atoms with Crippen LogP contribution < -0.4 is 4.74 Å². The molecule has 1 heterocycles. The average molecular weight is 276 g/mol. The Bertz CT molecular complexity index is 711. The lowest BCUT2D eigenvalue weighted by molar-refractivity contribution is -0.385. The third-order valence-corrected chi connectivity index (χ3v) is 2.91. The van der Waals surface area contributed by atoms with E-state index in [1.807, 2.05) is 0 Å². The maximum Gasteiger partial charge on any atom is 0.339 e. The second-order valence-corrected chi connectivity index (χ2v) is 4.09. The molecule has 1 aromatic carbocycles. The minimum absolute atomic E-state index is 0.125. The Kier molecular flexibility index (Phi) is 3.51. The number of fused-ring (bicyclic) bond motifs is 1. The van der Waals surface area contributed by atoms with Crippen LogP contribution in [0, 0.1) is 17.0 Å². The van der Waals surface area contributed by atoms with E-state index in [0.29, 0.717) is 16.6 Å². The average Bonchev–Trinajstić information content (AvgIpc) is 2.44. The SMILES string of the molecule is COC(=O)c1cc2cc([N+](=O)[O-])c(OC)cc2nc1C. The minimum Gasteiger partial charge on any atom is -0.490 e. The standard InChI is InChI=1S/C13H12N2O5/c1-7-9(13(16)20-3)4-8-5-11(15(17)18)12(19-2)6-10(8)14-7/h4-6H,1-3H3. The Morgan fingerprint density at radius 2 is 2.00 bits per heavy atom. The van der Waals surface area contributed by atoms with Gasteiger partial charge in [-0.25, -0.2) is 4.79 Å². The zero-order valence-corrected chi connectivity index (χ0v) is 11.2. The molecule has 0 saturated heterocycles. The van der Waals surface area contributed by atoms with Crippen LogP contribution in [-0.2, 0) is 4.74 Å². The summed E-state index contributed by atoms with van der Waals surface area (Å²) in [6.07, 6.45) is 0. The summed E-state index contributed by atoms with van der Waals surface area (Å²) in [4.78, 5) is 26.3. The molecule has 0 aliphatic carbocycles. The fourth-order valence-electron chi connectivity index (χ4n) is 1.91. The molecule has 0 aliphatic heterocycles. The van der Waals surface area contributed by atoms with Gasteiger partial charge in [0, 0.05) is 17.5 Å². The van der Waals surface area contributed by atoms with Crippen LogP contribution in [0.1, 0.15) is 16.1 Å². The molecular weight excluding hydrogens is 264 g/mol. The Balaban J connectivity index is 2.74. The molecule has 0 aliphatic rings. The van der Waals surface area contributed by atoms with Crippen molar-refractivity contribution in [2.45, 2.75) is 6.92 Å². The molecule has 0 amide bonds. The molecule has 1 aromatic heterocycles. The summed E-state index contributed by atoms with van der Waals surface area (Å²) in [5.74, 6) is -0.407. The number of pyridine rings is 1. The van der Waals surface area contributed by atoms with Crippen molar-refractivity contribution in [3.05, 3.63) is 39.6 Å². The molecule has 0 N–H and O–H groups in total. The molecule has 2 rings (SSSR count). The van der Waals surface area contributed by atoms with Crippen LogP contribution in [0.2, 0.25) is 0 Å². The smallest absolute Gasteiger partial charge is 0.339 e. The molecule has 0 spiro atoms. The van der Waals surface area contributed by atoms with Gasteiger partial charge >= 0.3 is 11.7 Å². The van der Waals surface area contributed by atoms with Gasteiger partial charge in [-0.3, -0.25) is 15.1 Å². The first kappa shape index (κ1) is 13.7. The maximum absolute atomic E-state index is 11.6. The van der Waals surface area contributed by atoms with E-state index in [4.69, 9.17) is 4.74 Å². The Morgan fingerprint density at radius 1 is 1.30 bits per heavy atom. The first-order valence-corrected chi connectivity index (χ1v) is 5.70. The van der Waals surface area contributed by atoms with Crippen molar-refractivity contribution in [1.29, 1.82) is 0 Å². The summed E-state index contributed by atoms with van der Waals surface area (Å²) in [7, 11) is 2.62. The number of carbonyl (C=O) groups is 1. The number of esters is 1. The molecule has 0 fully saturated rings. The molecule has 7 nitrogen and oxygen atoms in total. The molecule has 0 unspecified atom stereocenters. The number of methoxy groups -OCH3 is 2. The van der Waals surface area contributed by atoms with Crippen molar-refractivity contribution in [3.63, 3.8) is 0 Å². The van der Waals surface area contributed by atoms with E-state index in [1.165, 1.54) is 32.4 Å². The van der Waals surface area contributed by atoms with Gasteiger partial charge in [0.05, 0.1) is 35.9 Å². The number of aromatic nitrogens is 1. The van der Waals surface area contributed by atoms with Gasteiger partial charge < -0.3 is 9.47 Å². The second-order valence-electron chi connectivity index (χ2n) is 4.09. The van der Waals surface area contributed by atoms with Gasteiger partial charge in [-0.1, -0.05) is 0 Å². The van der Waals surface area contributed by atoms with Crippen LogP contribution in [0.25, 0.3) is 10.9 Å². The van der Waals surface area contributed by atoms with Crippen LogP contribution in [0.5, 0.6) is 5.75 Å². The van der Waals surface area contributed by atoms with Gasteiger partial charge in [0.15, 0.2) is 5.75 Å². The topological polar surface area (TPSA) is 91.6 Å². The van der Waals surface area contributed by atoms with Crippen LogP contribution in [0.4, 0.5) is 5.69 Å². The van der Waals surface area contributed by atoms with E-state index >= 15 is 0 Å². The lowest BCUT2D eigenvalue weighted by Crippen LogP contribution is -2.05. The lowest BCUT2D eigenvalue weighted by Gasteiger charge is -2.07. The van der Waals surface area contributed by atoms with Crippen LogP contribution in [-0.4, -0.2) is 30.1 Å². The van der Waals surface area contributed by atoms with Crippen molar-refractivity contribution < 1.29 is 19.2 Å². The number of benzene rings is 1. The molecule has 20 heavy (non-hydrogen) atoms. The highest BCUT2D eigenvalue weighted by atomic mass is 16.6. The van der Waals surface area contributed by atoms with Crippen molar-refractivity contribution >= 4 is 22.6 Å². The second kappa shape index (κ2) is 5.12. The predicted molar refractivity (Wildman–Crippen MR) is 71.0 cm³/mol. The first-order valence-electron chi connectivity index (χ1n) is 5.70. The highest BCUT2D eigenvalue weighted by molar-refractivity contribution is 5.96. The third-order valence-electron chi connectivity index (χ3n) is 2.91. The number of hydrogen-bond donors (Lipinski definition) is 0. The number of rotatable bonds is 3. The van der Waals surface area contributed by atoms with Gasteiger partial charge in [0.2, 0.25) is 0 Å². The van der Waals surface area contributed by atoms with Gasteiger partial charge in [0.25, 0.3) is 0 Å². The van der Waals surface area contributed by atoms with Gasteiger partial charge in [0.1, 0.15) is 0 Å². The summed E-state index contributed by atoms with van der Waals surface area (Å²) in [5, 5.41) is 11.5. The van der Waals surface area contributed by atoms with Crippen molar-refractivity contribution in [2.75, 3.05) is 14.2 Å². The molecule has 0 bridgehead atoms. The van der Waals surface area contributed by atoms with Crippen LogP contribution in [0.3, 0.4) is 0 Å². The number of aryl methyl sites for hydroxylation is 1. The zero-order chi connectivity index (χ0) is 14.9. The zero-order valence-electron chi connectivity index (χ0n) is 11.2.